The molecule has 1 aromatic rings. The lowest BCUT2D eigenvalue weighted by Crippen LogP contribution is -1.99. The zero-order chi connectivity index (χ0) is 10.0. The van der Waals surface area contributed by atoms with Crippen molar-refractivity contribution < 1.29 is 9.53 Å². The molecule has 0 amide bonds. The molecule has 2 nitrogen and oxygen atoms in total. The fraction of sp³-hybridized carbons (Fsp3) is 0.300. The molecule has 0 heterocycles. The predicted molar refractivity (Wildman–Crippen MR) is 60.5 cm³/mol. The van der Waals surface area contributed by atoms with E-state index in [2.05, 4.69) is 22.6 Å². The highest BCUT2D eigenvalue weighted by Crippen LogP contribution is 2.24. The van der Waals surface area contributed by atoms with Crippen molar-refractivity contribution in [1.82, 2.24) is 0 Å². The lowest BCUT2D eigenvalue weighted by atomic mass is 10.1. The number of hydrogen-bond donors (Lipinski definition) is 0. The first-order valence-corrected chi connectivity index (χ1v) is 4.99. The first-order chi connectivity index (χ1) is 6.06. The van der Waals surface area contributed by atoms with Crippen LogP contribution in [0.25, 0.3) is 0 Å². The van der Waals surface area contributed by atoms with Gasteiger partial charge in [0.05, 0.1) is 12.7 Å². The van der Waals surface area contributed by atoms with Crippen molar-refractivity contribution >= 4 is 28.4 Å². The number of carbonyl (C=O) groups excluding carboxylic acids is 1. The molecular formula is C10H11IO2. The molecule has 0 radical (unpaired) electrons. The average Bonchev–Trinajstić information content (AvgIpc) is 2.08. The molecule has 0 N–H and O–H groups in total. The Labute approximate surface area is 91.4 Å². The lowest BCUT2D eigenvalue weighted by Gasteiger charge is -2.08. The summed E-state index contributed by atoms with van der Waals surface area (Å²) in [6, 6.07) is 3.75. The summed E-state index contributed by atoms with van der Waals surface area (Å²) in [5.74, 6) is 0.695. The fourth-order valence-electron chi connectivity index (χ4n) is 1.10. The summed E-state index contributed by atoms with van der Waals surface area (Å²) in [7, 11) is 1.58. The van der Waals surface area contributed by atoms with E-state index in [9.17, 15) is 4.79 Å². The molecular weight excluding hydrogens is 279 g/mol. The van der Waals surface area contributed by atoms with E-state index < -0.39 is 0 Å². The highest BCUT2D eigenvalue weighted by Gasteiger charge is 2.09. The van der Waals surface area contributed by atoms with Gasteiger partial charge in [0, 0.05) is 3.57 Å². The fourth-order valence-corrected chi connectivity index (χ4v) is 1.57. The van der Waals surface area contributed by atoms with E-state index in [1.54, 1.807) is 14.0 Å². The van der Waals surface area contributed by atoms with Gasteiger partial charge in [-0.25, -0.2) is 0 Å². The molecule has 0 aliphatic carbocycles. The van der Waals surface area contributed by atoms with Crippen LogP contribution in [0.1, 0.15) is 22.8 Å². The van der Waals surface area contributed by atoms with Gasteiger partial charge in [-0.15, -0.1) is 0 Å². The Bertz CT molecular complexity index is 345. The summed E-state index contributed by atoms with van der Waals surface area (Å²) in [5.41, 5.74) is 1.78. The molecule has 0 bridgehead atoms. The zero-order valence-electron chi connectivity index (χ0n) is 7.85. The van der Waals surface area contributed by atoms with Crippen LogP contribution in [-0.4, -0.2) is 12.9 Å². The van der Waals surface area contributed by atoms with Crippen LogP contribution in [0.3, 0.4) is 0 Å². The van der Waals surface area contributed by atoms with Gasteiger partial charge in [-0.05, 0) is 54.1 Å². The van der Waals surface area contributed by atoms with Crippen LogP contribution in [-0.2, 0) is 0 Å². The molecule has 13 heavy (non-hydrogen) atoms. The SMILES string of the molecule is COc1cc(C)c(I)cc1C(C)=O. The highest BCUT2D eigenvalue weighted by atomic mass is 127. The molecule has 0 spiro atoms. The second-order valence-corrected chi connectivity index (χ2v) is 4.02. The molecule has 0 aliphatic heterocycles. The van der Waals surface area contributed by atoms with Crippen molar-refractivity contribution in [3.05, 3.63) is 26.8 Å². The minimum atomic E-state index is 0.0368. The monoisotopic (exact) mass is 290 g/mol. The van der Waals surface area contributed by atoms with E-state index in [-0.39, 0.29) is 5.78 Å². The average molecular weight is 290 g/mol. The first kappa shape index (κ1) is 10.5. The van der Waals surface area contributed by atoms with Gasteiger partial charge < -0.3 is 4.74 Å². The number of methoxy groups -OCH3 is 1. The number of rotatable bonds is 2. The summed E-state index contributed by atoms with van der Waals surface area (Å²) in [6.07, 6.45) is 0. The summed E-state index contributed by atoms with van der Waals surface area (Å²) in [4.78, 5) is 11.2. The summed E-state index contributed by atoms with van der Waals surface area (Å²) >= 11 is 2.21. The number of halogens is 1. The van der Waals surface area contributed by atoms with Gasteiger partial charge in [0.1, 0.15) is 5.75 Å². The van der Waals surface area contributed by atoms with Gasteiger partial charge in [-0.1, -0.05) is 0 Å². The molecule has 0 aliphatic rings. The topological polar surface area (TPSA) is 26.3 Å². The molecule has 70 valence electrons. The number of ether oxygens (including phenoxy) is 1. The van der Waals surface area contributed by atoms with Crippen molar-refractivity contribution in [3.63, 3.8) is 0 Å². The van der Waals surface area contributed by atoms with Crippen LogP contribution in [0.2, 0.25) is 0 Å². The molecule has 1 aromatic carbocycles. The van der Waals surface area contributed by atoms with Crippen molar-refractivity contribution in [3.8, 4) is 5.75 Å². The van der Waals surface area contributed by atoms with Gasteiger partial charge in [0.25, 0.3) is 0 Å². The number of benzene rings is 1. The Morgan fingerprint density at radius 2 is 2.08 bits per heavy atom. The number of carbonyl (C=O) groups is 1. The van der Waals surface area contributed by atoms with E-state index in [0.29, 0.717) is 11.3 Å². The highest BCUT2D eigenvalue weighted by molar-refractivity contribution is 14.1. The molecule has 0 unspecified atom stereocenters. The first-order valence-electron chi connectivity index (χ1n) is 3.91. The van der Waals surface area contributed by atoms with Crippen molar-refractivity contribution in [2.75, 3.05) is 7.11 Å². The van der Waals surface area contributed by atoms with Crippen LogP contribution >= 0.6 is 22.6 Å². The third-order valence-corrected chi connectivity index (χ3v) is 3.02. The normalized spacial score (nSPS) is 9.85. The van der Waals surface area contributed by atoms with Crippen molar-refractivity contribution in [1.29, 1.82) is 0 Å². The van der Waals surface area contributed by atoms with Crippen molar-refractivity contribution in [2.24, 2.45) is 0 Å². The number of ketones is 1. The second-order valence-electron chi connectivity index (χ2n) is 2.86. The summed E-state index contributed by atoms with van der Waals surface area (Å²) < 4.78 is 6.20. The van der Waals surface area contributed by atoms with Crippen LogP contribution < -0.4 is 4.74 Å². The Kier molecular flexibility index (Phi) is 3.30. The van der Waals surface area contributed by atoms with Gasteiger partial charge in [-0.3, -0.25) is 4.79 Å². The van der Waals surface area contributed by atoms with Crippen LogP contribution in [0.5, 0.6) is 5.75 Å². The third kappa shape index (κ3) is 2.21. The smallest absolute Gasteiger partial charge is 0.163 e. The van der Waals surface area contributed by atoms with E-state index in [4.69, 9.17) is 4.74 Å². The largest absolute Gasteiger partial charge is 0.496 e. The van der Waals surface area contributed by atoms with Gasteiger partial charge >= 0.3 is 0 Å². The number of hydrogen-bond acceptors (Lipinski definition) is 2. The maximum atomic E-state index is 11.2. The van der Waals surface area contributed by atoms with E-state index >= 15 is 0 Å². The molecule has 3 heteroatoms. The summed E-state index contributed by atoms with van der Waals surface area (Å²) in [5, 5.41) is 0. The van der Waals surface area contributed by atoms with Gasteiger partial charge in [0.2, 0.25) is 0 Å². The third-order valence-electron chi connectivity index (χ3n) is 1.86. The van der Waals surface area contributed by atoms with E-state index in [1.807, 2.05) is 19.1 Å². The van der Waals surface area contributed by atoms with Crippen molar-refractivity contribution in [2.45, 2.75) is 13.8 Å². The maximum absolute atomic E-state index is 11.2. The number of Topliss-reactive ketones (excluding diaryl/α,β-unsaturated/α-hetero) is 1. The Morgan fingerprint density at radius 3 is 2.54 bits per heavy atom. The minimum absolute atomic E-state index is 0.0368. The molecule has 0 saturated heterocycles. The lowest BCUT2D eigenvalue weighted by molar-refractivity contribution is 0.101. The Balaban J connectivity index is 3.33. The Morgan fingerprint density at radius 1 is 1.46 bits per heavy atom. The quantitative estimate of drug-likeness (QED) is 0.618. The minimum Gasteiger partial charge on any atom is -0.496 e. The maximum Gasteiger partial charge on any atom is 0.163 e. The van der Waals surface area contributed by atoms with Crippen LogP contribution in [0.15, 0.2) is 12.1 Å². The second kappa shape index (κ2) is 4.09. The van der Waals surface area contributed by atoms with Crippen LogP contribution in [0, 0.1) is 10.5 Å². The molecule has 0 atom stereocenters. The van der Waals surface area contributed by atoms with Gasteiger partial charge in [-0.2, -0.15) is 0 Å². The Hall–Kier alpha value is -0.580. The summed E-state index contributed by atoms with van der Waals surface area (Å²) in [6.45, 7) is 3.54. The zero-order valence-corrected chi connectivity index (χ0v) is 10.0. The molecule has 0 saturated carbocycles. The van der Waals surface area contributed by atoms with E-state index in [1.165, 1.54) is 0 Å². The van der Waals surface area contributed by atoms with Gasteiger partial charge in [0.15, 0.2) is 5.78 Å². The van der Waals surface area contributed by atoms with Crippen LogP contribution in [0.4, 0.5) is 0 Å². The standard InChI is InChI=1S/C10H11IO2/c1-6-4-10(13-3)8(7(2)12)5-9(6)11/h4-5H,1-3H3. The number of aryl methyl sites for hydroxylation is 1. The molecule has 1 rings (SSSR count). The van der Waals surface area contributed by atoms with E-state index in [0.717, 1.165) is 9.13 Å². The molecule has 0 aromatic heterocycles. The predicted octanol–water partition coefficient (Wildman–Crippen LogP) is 2.81. The molecule has 0 fully saturated rings.